The minimum Gasteiger partial charge on any atom is -0.467 e. The van der Waals surface area contributed by atoms with E-state index in [-0.39, 0.29) is 11.8 Å². The molecule has 1 fully saturated rings. The van der Waals surface area contributed by atoms with Gasteiger partial charge in [0.25, 0.3) is 0 Å². The van der Waals surface area contributed by atoms with Crippen molar-refractivity contribution < 1.29 is 13.6 Å². The zero-order valence-electron chi connectivity index (χ0n) is 17.4. The highest BCUT2D eigenvalue weighted by atomic mass is 19.1. The predicted molar refractivity (Wildman–Crippen MR) is 117 cm³/mol. The van der Waals surface area contributed by atoms with Crippen LogP contribution in [0.4, 0.5) is 9.18 Å². The number of amides is 2. The molecular formula is C23H23FN6O2. The van der Waals surface area contributed by atoms with Gasteiger partial charge in [0.15, 0.2) is 5.65 Å². The zero-order valence-corrected chi connectivity index (χ0v) is 17.4. The van der Waals surface area contributed by atoms with Crippen molar-refractivity contribution in [2.24, 2.45) is 0 Å². The van der Waals surface area contributed by atoms with Crippen LogP contribution in [0.3, 0.4) is 0 Å². The molecule has 0 atom stereocenters. The van der Waals surface area contributed by atoms with Crippen LogP contribution in [0.5, 0.6) is 0 Å². The van der Waals surface area contributed by atoms with Crippen LogP contribution in [-0.2, 0) is 13.1 Å². The minimum absolute atomic E-state index is 0.0998. The summed E-state index contributed by atoms with van der Waals surface area (Å²) >= 11 is 0. The molecule has 0 aliphatic carbocycles. The quantitative estimate of drug-likeness (QED) is 0.522. The largest absolute Gasteiger partial charge is 0.467 e. The van der Waals surface area contributed by atoms with E-state index in [1.165, 1.54) is 12.1 Å². The average molecular weight is 434 g/mol. The van der Waals surface area contributed by atoms with Crippen molar-refractivity contribution >= 4 is 17.2 Å². The molecule has 0 unspecified atom stereocenters. The van der Waals surface area contributed by atoms with Crippen molar-refractivity contribution in [3.8, 4) is 5.69 Å². The number of hydrogen-bond donors (Lipinski definition) is 1. The van der Waals surface area contributed by atoms with Crippen LogP contribution in [0, 0.1) is 5.82 Å². The Labute approximate surface area is 184 Å². The van der Waals surface area contributed by atoms with Gasteiger partial charge in [0.1, 0.15) is 22.9 Å². The first-order valence-corrected chi connectivity index (χ1v) is 10.5. The fourth-order valence-corrected chi connectivity index (χ4v) is 3.95. The molecule has 32 heavy (non-hydrogen) atoms. The maximum Gasteiger partial charge on any atom is 0.317 e. The number of piperazine rings is 1. The van der Waals surface area contributed by atoms with Gasteiger partial charge in [-0.1, -0.05) is 6.07 Å². The molecule has 164 valence electrons. The second-order valence-corrected chi connectivity index (χ2v) is 7.69. The fourth-order valence-electron chi connectivity index (χ4n) is 3.95. The summed E-state index contributed by atoms with van der Waals surface area (Å²) in [5, 5.41) is 2.89. The van der Waals surface area contributed by atoms with Crippen molar-refractivity contribution in [2.45, 2.75) is 13.1 Å². The van der Waals surface area contributed by atoms with E-state index in [0.717, 1.165) is 17.1 Å². The summed E-state index contributed by atoms with van der Waals surface area (Å²) in [5.74, 6) is 1.21. The SMILES string of the molecule is O=C(NCc1ccco1)N1CCN(Cc2nc3cccnc3n2-c2cccc(F)c2)CC1. The van der Waals surface area contributed by atoms with Gasteiger partial charge in [-0.25, -0.2) is 19.2 Å². The summed E-state index contributed by atoms with van der Waals surface area (Å²) in [5.41, 5.74) is 2.16. The lowest BCUT2D eigenvalue weighted by Crippen LogP contribution is -2.51. The third-order valence-electron chi connectivity index (χ3n) is 5.57. The minimum atomic E-state index is -0.305. The summed E-state index contributed by atoms with van der Waals surface area (Å²) < 4.78 is 21.1. The van der Waals surface area contributed by atoms with Crippen molar-refractivity contribution in [1.82, 2.24) is 29.7 Å². The van der Waals surface area contributed by atoms with E-state index < -0.39 is 0 Å². The van der Waals surface area contributed by atoms with Crippen molar-refractivity contribution in [3.05, 3.63) is 78.4 Å². The molecule has 0 radical (unpaired) electrons. The number of urea groups is 1. The summed E-state index contributed by atoms with van der Waals surface area (Å²) in [6, 6.07) is 13.7. The first-order chi connectivity index (χ1) is 15.7. The number of fused-ring (bicyclic) bond motifs is 1. The van der Waals surface area contributed by atoms with Crippen LogP contribution in [0.2, 0.25) is 0 Å². The van der Waals surface area contributed by atoms with Crippen LogP contribution < -0.4 is 5.32 Å². The molecule has 3 aromatic heterocycles. The van der Waals surface area contributed by atoms with Gasteiger partial charge in [-0.05, 0) is 42.5 Å². The Kier molecular flexibility index (Phi) is 5.55. The first-order valence-electron chi connectivity index (χ1n) is 10.5. The third kappa shape index (κ3) is 4.19. The Hall–Kier alpha value is -3.72. The van der Waals surface area contributed by atoms with Gasteiger partial charge in [-0.15, -0.1) is 0 Å². The molecule has 0 bridgehead atoms. The Morgan fingerprint density at radius 2 is 1.97 bits per heavy atom. The molecule has 1 aliphatic heterocycles. The molecule has 5 rings (SSSR count). The van der Waals surface area contributed by atoms with Gasteiger partial charge in [-0.2, -0.15) is 0 Å². The highest BCUT2D eigenvalue weighted by Gasteiger charge is 2.23. The lowest BCUT2D eigenvalue weighted by atomic mass is 10.3. The lowest BCUT2D eigenvalue weighted by molar-refractivity contribution is 0.132. The predicted octanol–water partition coefficient (Wildman–Crippen LogP) is 3.18. The van der Waals surface area contributed by atoms with E-state index in [2.05, 4.69) is 15.2 Å². The molecule has 0 spiro atoms. The molecule has 1 N–H and O–H groups in total. The van der Waals surface area contributed by atoms with Crippen molar-refractivity contribution in [2.75, 3.05) is 26.2 Å². The smallest absolute Gasteiger partial charge is 0.317 e. The number of nitrogens with zero attached hydrogens (tertiary/aromatic N) is 5. The second-order valence-electron chi connectivity index (χ2n) is 7.69. The Morgan fingerprint density at radius 3 is 2.75 bits per heavy atom. The van der Waals surface area contributed by atoms with Crippen LogP contribution in [0.15, 0.2) is 65.4 Å². The molecule has 1 aromatic carbocycles. The molecular weight excluding hydrogens is 411 g/mol. The van der Waals surface area contributed by atoms with Gasteiger partial charge in [0.05, 0.1) is 25.0 Å². The Balaban J connectivity index is 1.28. The van der Waals surface area contributed by atoms with Crippen LogP contribution in [0.25, 0.3) is 16.9 Å². The van der Waals surface area contributed by atoms with E-state index in [1.54, 1.807) is 29.5 Å². The first kappa shape index (κ1) is 20.2. The van der Waals surface area contributed by atoms with E-state index >= 15 is 0 Å². The standard InChI is InChI=1S/C23H23FN6O2/c24-17-4-1-5-18(14-17)30-21(27-20-7-2-8-25-22(20)30)16-28-9-11-29(12-10-28)23(31)26-15-19-6-3-13-32-19/h1-8,13-14H,9-12,15-16H2,(H,26,31). The lowest BCUT2D eigenvalue weighted by Gasteiger charge is -2.34. The second kappa shape index (κ2) is 8.80. The highest BCUT2D eigenvalue weighted by molar-refractivity contribution is 5.74. The van der Waals surface area contributed by atoms with Crippen LogP contribution in [-0.4, -0.2) is 56.5 Å². The van der Waals surface area contributed by atoms with E-state index in [4.69, 9.17) is 9.40 Å². The number of imidazole rings is 1. The maximum atomic E-state index is 13.9. The Morgan fingerprint density at radius 1 is 1.09 bits per heavy atom. The molecule has 8 nitrogen and oxygen atoms in total. The number of furan rings is 1. The van der Waals surface area contributed by atoms with E-state index in [0.29, 0.717) is 50.6 Å². The topological polar surface area (TPSA) is 79.4 Å². The number of halogens is 1. The molecule has 4 aromatic rings. The molecule has 1 saturated heterocycles. The number of carbonyl (C=O) groups excluding carboxylic acids is 1. The Bertz CT molecular complexity index is 1210. The molecule has 1 aliphatic rings. The van der Waals surface area contributed by atoms with Crippen LogP contribution >= 0.6 is 0 Å². The molecule has 0 saturated carbocycles. The number of rotatable bonds is 5. The number of benzene rings is 1. The normalized spacial score (nSPS) is 14.7. The van der Waals surface area contributed by atoms with E-state index in [1.807, 2.05) is 28.8 Å². The number of pyridine rings is 1. The number of aromatic nitrogens is 3. The average Bonchev–Trinajstić information content (AvgIpc) is 3.45. The summed E-state index contributed by atoms with van der Waals surface area (Å²) in [6.07, 6.45) is 3.30. The summed E-state index contributed by atoms with van der Waals surface area (Å²) in [6.45, 7) is 3.61. The van der Waals surface area contributed by atoms with E-state index in [9.17, 15) is 9.18 Å². The van der Waals surface area contributed by atoms with Gasteiger partial charge in [0, 0.05) is 32.4 Å². The van der Waals surface area contributed by atoms with Crippen molar-refractivity contribution in [1.29, 1.82) is 0 Å². The van der Waals surface area contributed by atoms with Gasteiger partial charge in [0.2, 0.25) is 0 Å². The fraction of sp³-hybridized carbons (Fsp3) is 0.261. The van der Waals surface area contributed by atoms with Crippen LogP contribution in [0.1, 0.15) is 11.6 Å². The van der Waals surface area contributed by atoms with Gasteiger partial charge >= 0.3 is 6.03 Å². The number of carbonyl (C=O) groups is 1. The van der Waals surface area contributed by atoms with Gasteiger partial charge < -0.3 is 14.6 Å². The summed E-state index contributed by atoms with van der Waals surface area (Å²) in [7, 11) is 0. The monoisotopic (exact) mass is 434 g/mol. The summed E-state index contributed by atoms with van der Waals surface area (Å²) in [4.78, 5) is 25.7. The number of hydrogen-bond acceptors (Lipinski definition) is 5. The highest BCUT2D eigenvalue weighted by Crippen LogP contribution is 2.22. The maximum absolute atomic E-state index is 13.9. The molecule has 9 heteroatoms. The zero-order chi connectivity index (χ0) is 21.9. The molecule has 2 amide bonds. The molecule has 4 heterocycles. The van der Waals surface area contributed by atoms with Crippen molar-refractivity contribution in [3.63, 3.8) is 0 Å². The van der Waals surface area contributed by atoms with Gasteiger partial charge in [-0.3, -0.25) is 9.47 Å². The number of nitrogens with one attached hydrogen (secondary N) is 1. The third-order valence-corrected chi connectivity index (χ3v) is 5.57.